The van der Waals surface area contributed by atoms with E-state index in [4.69, 9.17) is 5.11 Å². The van der Waals surface area contributed by atoms with Gasteiger partial charge in [0.15, 0.2) is 0 Å². The highest BCUT2D eigenvalue weighted by Crippen LogP contribution is 2.40. The highest BCUT2D eigenvalue weighted by Gasteiger charge is 2.14. The highest BCUT2D eigenvalue weighted by molar-refractivity contribution is 7.43. The van der Waals surface area contributed by atoms with Crippen molar-refractivity contribution in [3.05, 3.63) is 47.3 Å². The lowest BCUT2D eigenvalue weighted by atomic mass is 9.95. The molecule has 1 N–H and O–H groups in total. The van der Waals surface area contributed by atoms with Crippen LogP contribution in [0.1, 0.15) is 19.8 Å². The molecule has 1 heterocycles. The van der Waals surface area contributed by atoms with Gasteiger partial charge in [0.1, 0.15) is 0 Å². The number of aliphatic hydroxyl groups excluding tert-OH is 1. The van der Waals surface area contributed by atoms with Gasteiger partial charge in [-0.2, -0.15) is 0 Å². The molecule has 0 aromatic carbocycles. The number of allylic oxidation sites excluding steroid dienone is 3. The second-order valence-electron chi connectivity index (χ2n) is 3.85. The molecule has 1 fully saturated rings. The first-order valence-corrected chi connectivity index (χ1v) is 6.39. The zero-order valence-corrected chi connectivity index (χ0v) is 10.4. The number of hydrogen-bond acceptors (Lipinski definition) is 1. The van der Waals surface area contributed by atoms with Crippen LogP contribution in [0.5, 0.6) is 0 Å². The van der Waals surface area contributed by atoms with Gasteiger partial charge in [-0.25, -0.2) is 0 Å². The molecule has 1 saturated heterocycles. The first-order valence-electron chi connectivity index (χ1n) is 5.19. The molecule has 0 saturated carbocycles. The smallest absolute Gasteiger partial charge is 0.0681 e. The maximum atomic E-state index is 9.01. The van der Waals surface area contributed by atoms with E-state index >= 15 is 0 Å². The summed E-state index contributed by atoms with van der Waals surface area (Å²) in [5, 5.41) is 10.3. The van der Waals surface area contributed by atoms with Crippen LogP contribution in [0, 0.1) is 0 Å². The predicted octanol–water partition coefficient (Wildman–Crippen LogP) is 3.39. The molecule has 2 heteroatoms. The minimum absolute atomic E-state index is 0.0157. The molecule has 0 bridgehead atoms. The van der Waals surface area contributed by atoms with E-state index in [-0.39, 0.29) is 6.61 Å². The molecule has 1 aliphatic heterocycles. The summed E-state index contributed by atoms with van der Waals surface area (Å²) in [6.07, 6.45) is 3.60. The number of hydrogen-bond donors (Lipinski definition) is 1. The summed E-state index contributed by atoms with van der Waals surface area (Å²) in [5.41, 5.74) is 4.08. The fraction of sp³-hybridized carbons (Fsp3) is 0.385. The Balaban J connectivity index is 2.92. The first kappa shape index (κ1) is 12.4. The van der Waals surface area contributed by atoms with Crippen molar-refractivity contribution >= 4 is 8.58 Å². The summed E-state index contributed by atoms with van der Waals surface area (Å²) in [6, 6.07) is 0. The Morgan fingerprint density at radius 1 is 1.47 bits per heavy atom. The van der Waals surface area contributed by atoms with Crippen LogP contribution >= 0.6 is 8.58 Å². The molecule has 0 aromatic rings. The quantitative estimate of drug-likeness (QED) is 0.573. The topological polar surface area (TPSA) is 20.2 Å². The molecule has 0 radical (unpaired) electrons. The molecular formula is C13H19OP. The molecular weight excluding hydrogens is 203 g/mol. The van der Waals surface area contributed by atoms with E-state index in [0.717, 1.165) is 26.1 Å². The average Bonchev–Trinajstić information content (AvgIpc) is 2.26. The van der Waals surface area contributed by atoms with Gasteiger partial charge in [-0.05, 0) is 53.5 Å². The van der Waals surface area contributed by atoms with Crippen molar-refractivity contribution in [3.8, 4) is 0 Å². The molecule has 82 valence electrons. The lowest BCUT2D eigenvalue weighted by Crippen LogP contribution is -2.02. The van der Waals surface area contributed by atoms with Crippen molar-refractivity contribution in [2.45, 2.75) is 19.8 Å². The minimum Gasteiger partial charge on any atom is -0.392 e. The third kappa shape index (κ3) is 2.90. The normalized spacial score (nSPS) is 21.6. The average molecular weight is 222 g/mol. The number of aliphatic hydroxyl groups is 1. The molecule has 1 nitrogen and oxygen atoms in total. The molecule has 0 aromatic heterocycles. The number of rotatable bonds is 3. The molecule has 0 aliphatic carbocycles. The van der Waals surface area contributed by atoms with Gasteiger partial charge in [-0.1, -0.05) is 28.3 Å². The van der Waals surface area contributed by atoms with Crippen molar-refractivity contribution in [1.82, 2.24) is 0 Å². The monoisotopic (exact) mass is 222 g/mol. The van der Waals surface area contributed by atoms with Crippen LogP contribution in [-0.2, 0) is 0 Å². The predicted molar refractivity (Wildman–Crippen MR) is 69.6 cm³/mol. The Labute approximate surface area is 94.1 Å². The van der Waals surface area contributed by atoms with Gasteiger partial charge >= 0.3 is 0 Å². The third-order valence-electron chi connectivity index (χ3n) is 2.83. The van der Waals surface area contributed by atoms with Gasteiger partial charge in [0, 0.05) is 0 Å². The van der Waals surface area contributed by atoms with Crippen LogP contribution in [0.4, 0.5) is 0 Å². The lowest BCUT2D eigenvalue weighted by Gasteiger charge is -2.21. The van der Waals surface area contributed by atoms with Gasteiger partial charge in [0.2, 0.25) is 0 Å². The molecule has 0 spiro atoms. The van der Waals surface area contributed by atoms with E-state index in [1.165, 1.54) is 23.5 Å². The van der Waals surface area contributed by atoms with Crippen molar-refractivity contribution < 1.29 is 5.11 Å². The van der Waals surface area contributed by atoms with Crippen molar-refractivity contribution in [1.29, 1.82) is 0 Å². The molecule has 1 rings (SSSR count). The molecule has 1 atom stereocenters. The van der Waals surface area contributed by atoms with Crippen LogP contribution in [-0.4, -0.2) is 17.9 Å². The summed E-state index contributed by atoms with van der Waals surface area (Å²) < 4.78 is 0. The fourth-order valence-electron chi connectivity index (χ4n) is 1.72. The molecule has 0 amide bonds. The van der Waals surface area contributed by atoms with Crippen LogP contribution in [0.15, 0.2) is 47.3 Å². The maximum absolute atomic E-state index is 9.01. The maximum Gasteiger partial charge on any atom is 0.0681 e. The van der Waals surface area contributed by atoms with E-state index in [1.807, 2.05) is 0 Å². The second-order valence-corrected chi connectivity index (χ2v) is 5.31. The first-order chi connectivity index (χ1) is 7.07. The lowest BCUT2D eigenvalue weighted by molar-refractivity contribution is 0.334. The van der Waals surface area contributed by atoms with Crippen LogP contribution in [0.3, 0.4) is 0 Å². The van der Waals surface area contributed by atoms with Crippen LogP contribution in [0.2, 0.25) is 0 Å². The van der Waals surface area contributed by atoms with E-state index in [2.05, 4.69) is 26.7 Å². The van der Waals surface area contributed by atoms with Gasteiger partial charge in [-0.15, -0.1) is 0 Å². The molecule has 1 aliphatic rings. The summed E-state index contributed by atoms with van der Waals surface area (Å²) in [5.74, 6) is 0. The van der Waals surface area contributed by atoms with Crippen molar-refractivity contribution in [3.63, 3.8) is 0 Å². The van der Waals surface area contributed by atoms with Gasteiger partial charge in [0.05, 0.1) is 6.61 Å². The Bertz CT molecular complexity index is 336. The van der Waals surface area contributed by atoms with Gasteiger partial charge < -0.3 is 5.11 Å². The summed E-state index contributed by atoms with van der Waals surface area (Å²) in [6.45, 7) is 13.9. The second kappa shape index (κ2) is 5.44. The third-order valence-corrected chi connectivity index (χ3v) is 4.16. The minimum atomic E-state index is -0.0157. The molecule has 1 unspecified atom stereocenters. The van der Waals surface area contributed by atoms with Crippen molar-refractivity contribution in [2.75, 3.05) is 12.8 Å². The fourth-order valence-corrected chi connectivity index (χ4v) is 2.90. The Morgan fingerprint density at radius 2 is 2.13 bits per heavy atom. The molecule has 15 heavy (non-hydrogen) atoms. The van der Waals surface area contributed by atoms with Gasteiger partial charge in [0.25, 0.3) is 0 Å². The SMILES string of the molecule is C=C(CO)C(=C)/C(C)=C1/CCCPC1=C. The van der Waals surface area contributed by atoms with Crippen LogP contribution < -0.4 is 0 Å². The van der Waals surface area contributed by atoms with Crippen molar-refractivity contribution in [2.24, 2.45) is 0 Å². The summed E-state index contributed by atoms with van der Waals surface area (Å²) >= 11 is 0. The Kier molecular flexibility index (Phi) is 4.50. The zero-order chi connectivity index (χ0) is 11.4. The van der Waals surface area contributed by atoms with E-state index in [0.29, 0.717) is 5.57 Å². The standard InChI is InChI=1S/C13H19OP/c1-9(8-14)10(2)11(3)13-6-5-7-15-12(13)4/h14-15H,1-2,4-8H2,3H3/b13-11-. The highest BCUT2D eigenvalue weighted by atomic mass is 31.1. The summed E-state index contributed by atoms with van der Waals surface area (Å²) in [4.78, 5) is 0. The Morgan fingerprint density at radius 3 is 2.67 bits per heavy atom. The zero-order valence-electron chi connectivity index (χ0n) is 9.40. The van der Waals surface area contributed by atoms with Crippen LogP contribution in [0.25, 0.3) is 0 Å². The van der Waals surface area contributed by atoms with E-state index in [9.17, 15) is 0 Å². The Hall–Kier alpha value is -0.650. The van der Waals surface area contributed by atoms with Gasteiger partial charge in [-0.3, -0.25) is 0 Å². The van der Waals surface area contributed by atoms with E-state index in [1.54, 1.807) is 0 Å². The largest absolute Gasteiger partial charge is 0.392 e. The summed E-state index contributed by atoms with van der Waals surface area (Å²) in [7, 11) is 0.850. The van der Waals surface area contributed by atoms with E-state index < -0.39 is 0 Å².